The van der Waals surface area contributed by atoms with E-state index in [1.165, 1.54) is 22.9 Å². The molecule has 0 fully saturated rings. The van der Waals surface area contributed by atoms with Gasteiger partial charge in [-0.1, -0.05) is 41.4 Å². The molecule has 0 aliphatic heterocycles. The number of rotatable bonds is 4. The van der Waals surface area contributed by atoms with Gasteiger partial charge < -0.3 is 16.5 Å². The van der Waals surface area contributed by atoms with Gasteiger partial charge in [-0.25, -0.2) is 0 Å². The Kier molecular flexibility index (Phi) is 5.48. The first-order valence-corrected chi connectivity index (χ1v) is 9.03. The molecular formula is C20H21Cl2N3. The van der Waals surface area contributed by atoms with Crippen LogP contribution in [0.25, 0.3) is 5.70 Å². The summed E-state index contributed by atoms with van der Waals surface area (Å²) >= 11 is 12.3. The standard InChI is InChI=1S/C20H21Cl2N3/c1-25-20-7-5-14(12-3-6-17(21)18(22)11-12)15-4-2-13(10-16(15)20)19(24)8-9-23/h2-4,6,8-11,14,20,23,25H,5,7,24H2,1H3/b19-8-,23-9?. The summed E-state index contributed by atoms with van der Waals surface area (Å²) in [6.45, 7) is 0. The highest BCUT2D eigenvalue weighted by molar-refractivity contribution is 6.42. The van der Waals surface area contributed by atoms with Crippen LogP contribution in [0.5, 0.6) is 0 Å². The largest absolute Gasteiger partial charge is 0.398 e. The van der Waals surface area contributed by atoms with Crippen LogP contribution < -0.4 is 11.1 Å². The number of hydrogen-bond acceptors (Lipinski definition) is 3. The van der Waals surface area contributed by atoms with Crippen LogP contribution in [0.3, 0.4) is 0 Å². The van der Waals surface area contributed by atoms with Crippen LogP contribution in [0.2, 0.25) is 10.0 Å². The summed E-state index contributed by atoms with van der Waals surface area (Å²) in [5.41, 5.74) is 11.3. The molecule has 0 aromatic heterocycles. The molecule has 3 nitrogen and oxygen atoms in total. The number of benzene rings is 2. The van der Waals surface area contributed by atoms with E-state index in [-0.39, 0.29) is 5.92 Å². The van der Waals surface area contributed by atoms with Crippen molar-refractivity contribution < 1.29 is 0 Å². The van der Waals surface area contributed by atoms with Crippen molar-refractivity contribution in [3.8, 4) is 0 Å². The fourth-order valence-corrected chi connectivity index (χ4v) is 3.89. The lowest BCUT2D eigenvalue weighted by atomic mass is 9.76. The average Bonchev–Trinajstić information content (AvgIpc) is 2.63. The number of nitrogens with two attached hydrogens (primary N) is 1. The van der Waals surface area contributed by atoms with Gasteiger partial charge in [0.1, 0.15) is 0 Å². The number of allylic oxidation sites excluding steroid dienone is 1. The molecule has 0 radical (unpaired) electrons. The van der Waals surface area contributed by atoms with Gasteiger partial charge in [-0.2, -0.15) is 0 Å². The smallest absolute Gasteiger partial charge is 0.0595 e. The Hall–Kier alpha value is -1.81. The van der Waals surface area contributed by atoms with Crippen LogP contribution in [0.1, 0.15) is 47.1 Å². The summed E-state index contributed by atoms with van der Waals surface area (Å²) in [4.78, 5) is 0. The topological polar surface area (TPSA) is 61.9 Å². The molecular weight excluding hydrogens is 353 g/mol. The third kappa shape index (κ3) is 3.59. The van der Waals surface area contributed by atoms with Gasteiger partial charge in [-0.05, 0) is 66.4 Å². The molecule has 0 amide bonds. The monoisotopic (exact) mass is 373 g/mol. The lowest BCUT2D eigenvalue weighted by molar-refractivity contribution is 0.470. The first-order chi connectivity index (χ1) is 12.0. The first kappa shape index (κ1) is 18.0. The maximum absolute atomic E-state index is 7.21. The van der Waals surface area contributed by atoms with Gasteiger partial charge >= 0.3 is 0 Å². The minimum atomic E-state index is 0.288. The molecule has 2 atom stereocenters. The summed E-state index contributed by atoms with van der Waals surface area (Å²) in [6, 6.07) is 12.5. The van der Waals surface area contributed by atoms with Crippen molar-refractivity contribution in [1.29, 1.82) is 5.41 Å². The van der Waals surface area contributed by atoms with E-state index in [1.807, 2.05) is 25.2 Å². The average molecular weight is 374 g/mol. The maximum atomic E-state index is 7.21. The third-order valence-electron chi connectivity index (χ3n) is 4.87. The Morgan fingerprint density at radius 2 is 1.92 bits per heavy atom. The number of halogens is 2. The zero-order chi connectivity index (χ0) is 18.0. The van der Waals surface area contributed by atoms with Gasteiger partial charge in [-0.15, -0.1) is 0 Å². The molecule has 0 saturated heterocycles. The van der Waals surface area contributed by atoms with Gasteiger partial charge in [0.25, 0.3) is 0 Å². The van der Waals surface area contributed by atoms with Crippen LogP contribution in [0, 0.1) is 5.41 Å². The number of hydrogen-bond donors (Lipinski definition) is 3. The summed E-state index contributed by atoms with van der Waals surface area (Å²) in [6.07, 6.45) is 4.89. The van der Waals surface area contributed by atoms with E-state index in [0.29, 0.717) is 21.8 Å². The summed E-state index contributed by atoms with van der Waals surface area (Å²) in [7, 11) is 1.98. The molecule has 1 aliphatic carbocycles. The Labute approximate surface area is 158 Å². The second-order valence-electron chi connectivity index (χ2n) is 6.28. The minimum Gasteiger partial charge on any atom is -0.398 e. The Bertz CT molecular complexity index is 830. The third-order valence-corrected chi connectivity index (χ3v) is 5.61. The minimum absolute atomic E-state index is 0.288. The molecule has 25 heavy (non-hydrogen) atoms. The Morgan fingerprint density at radius 3 is 2.60 bits per heavy atom. The van der Waals surface area contributed by atoms with Crippen LogP contribution in [0.4, 0.5) is 0 Å². The summed E-state index contributed by atoms with van der Waals surface area (Å²) in [5, 5.41) is 11.8. The van der Waals surface area contributed by atoms with E-state index in [4.69, 9.17) is 34.3 Å². The predicted molar refractivity (Wildman–Crippen MR) is 107 cm³/mol. The fraction of sp³-hybridized carbons (Fsp3) is 0.250. The van der Waals surface area contributed by atoms with Gasteiger partial charge in [-0.3, -0.25) is 0 Å². The lowest BCUT2D eigenvalue weighted by Gasteiger charge is -2.32. The number of nitrogens with one attached hydrogen (secondary N) is 2. The molecule has 0 heterocycles. The van der Waals surface area contributed by atoms with Crippen LogP contribution in [-0.2, 0) is 0 Å². The maximum Gasteiger partial charge on any atom is 0.0595 e. The van der Waals surface area contributed by atoms with Crippen molar-refractivity contribution in [3.05, 3.63) is 74.8 Å². The van der Waals surface area contributed by atoms with Crippen molar-refractivity contribution in [1.82, 2.24) is 5.32 Å². The van der Waals surface area contributed by atoms with E-state index in [1.54, 1.807) is 6.08 Å². The van der Waals surface area contributed by atoms with E-state index in [2.05, 4.69) is 23.5 Å². The van der Waals surface area contributed by atoms with E-state index < -0.39 is 0 Å². The van der Waals surface area contributed by atoms with Crippen molar-refractivity contribution >= 4 is 35.1 Å². The van der Waals surface area contributed by atoms with E-state index >= 15 is 0 Å². The highest BCUT2D eigenvalue weighted by Gasteiger charge is 2.28. The van der Waals surface area contributed by atoms with Crippen molar-refractivity contribution in [2.75, 3.05) is 7.05 Å². The number of fused-ring (bicyclic) bond motifs is 1. The van der Waals surface area contributed by atoms with Crippen LogP contribution in [0.15, 0.2) is 42.5 Å². The first-order valence-electron chi connectivity index (χ1n) is 8.27. The zero-order valence-electron chi connectivity index (χ0n) is 14.0. The van der Waals surface area contributed by atoms with Gasteiger partial charge in [0, 0.05) is 23.9 Å². The fourth-order valence-electron chi connectivity index (χ4n) is 3.58. The zero-order valence-corrected chi connectivity index (χ0v) is 15.5. The Balaban J connectivity index is 2.07. The second-order valence-corrected chi connectivity index (χ2v) is 7.09. The molecule has 2 aromatic rings. The summed E-state index contributed by atoms with van der Waals surface area (Å²) < 4.78 is 0. The van der Waals surface area contributed by atoms with Crippen LogP contribution >= 0.6 is 23.2 Å². The molecule has 3 rings (SSSR count). The molecule has 4 N–H and O–H groups in total. The van der Waals surface area contributed by atoms with E-state index in [9.17, 15) is 0 Å². The van der Waals surface area contributed by atoms with Gasteiger partial charge in [0.2, 0.25) is 0 Å². The molecule has 2 aromatic carbocycles. The summed E-state index contributed by atoms with van der Waals surface area (Å²) in [5.74, 6) is 0.288. The molecule has 0 saturated carbocycles. The molecule has 5 heteroatoms. The molecule has 2 unspecified atom stereocenters. The van der Waals surface area contributed by atoms with Gasteiger partial charge in [0.15, 0.2) is 0 Å². The SMILES string of the molecule is CNC1CCC(c2ccc(Cl)c(Cl)c2)c2ccc(/C(N)=C/C=N)cc21. The quantitative estimate of drug-likeness (QED) is 0.650. The van der Waals surface area contributed by atoms with Crippen molar-refractivity contribution in [2.24, 2.45) is 5.73 Å². The Morgan fingerprint density at radius 1 is 1.12 bits per heavy atom. The van der Waals surface area contributed by atoms with Gasteiger partial charge in [0.05, 0.1) is 10.0 Å². The van der Waals surface area contributed by atoms with Crippen molar-refractivity contribution in [3.63, 3.8) is 0 Å². The van der Waals surface area contributed by atoms with Crippen LogP contribution in [-0.4, -0.2) is 13.3 Å². The normalized spacial score (nSPS) is 20.2. The van der Waals surface area contributed by atoms with Crippen molar-refractivity contribution in [2.45, 2.75) is 24.8 Å². The van der Waals surface area contributed by atoms with E-state index in [0.717, 1.165) is 18.4 Å². The highest BCUT2D eigenvalue weighted by Crippen LogP contribution is 2.42. The highest BCUT2D eigenvalue weighted by atomic mass is 35.5. The molecule has 0 spiro atoms. The molecule has 130 valence electrons. The lowest BCUT2D eigenvalue weighted by Crippen LogP contribution is -2.24. The molecule has 1 aliphatic rings. The second kappa shape index (κ2) is 7.61. The predicted octanol–water partition coefficient (Wildman–Crippen LogP) is 5.13. The molecule has 0 bridgehead atoms.